The standard InChI is InChI=1S/C17H15N3O2/c1-11-19-16(20-22-11)14-7-3-12(4-8-14)13-5-9-15(10-6-13)17(21)18-2/h3-10H,1-2H3,(H,18,21). The van der Waals surface area contributed by atoms with Crippen molar-refractivity contribution in [2.75, 3.05) is 7.05 Å². The lowest BCUT2D eigenvalue weighted by atomic mass is 10.0. The molecule has 1 N–H and O–H groups in total. The van der Waals surface area contributed by atoms with Gasteiger partial charge in [-0.2, -0.15) is 4.98 Å². The van der Waals surface area contributed by atoms with Gasteiger partial charge in [0.05, 0.1) is 0 Å². The number of nitrogens with zero attached hydrogens (tertiary/aromatic N) is 2. The molecule has 22 heavy (non-hydrogen) atoms. The van der Waals surface area contributed by atoms with Crippen LogP contribution in [-0.4, -0.2) is 23.1 Å². The van der Waals surface area contributed by atoms with Crippen LogP contribution in [0.1, 0.15) is 16.2 Å². The number of carbonyl (C=O) groups is 1. The molecule has 3 rings (SSSR count). The molecule has 0 bridgehead atoms. The summed E-state index contributed by atoms with van der Waals surface area (Å²) >= 11 is 0. The first-order valence-electron chi connectivity index (χ1n) is 6.90. The fraction of sp³-hybridized carbons (Fsp3) is 0.118. The molecule has 0 saturated heterocycles. The normalized spacial score (nSPS) is 10.5. The summed E-state index contributed by atoms with van der Waals surface area (Å²) in [5.74, 6) is 1.04. The molecule has 0 saturated carbocycles. The van der Waals surface area contributed by atoms with Crippen molar-refractivity contribution in [3.8, 4) is 22.5 Å². The first kappa shape index (κ1) is 14.0. The highest BCUT2D eigenvalue weighted by Gasteiger charge is 2.07. The van der Waals surface area contributed by atoms with E-state index in [9.17, 15) is 4.79 Å². The van der Waals surface area contributed by atoms with E-state index in [4.69, 9.17) is 4.52 Å². The minimum absolute atomic E-state index is 0.0885. The predicted molar refractivity (Wildman–Crippen MR) is 83.3 cm³/mol. The van der Waals surface area contributed by atoms with Crippen molar-refractivity contribution in [2.45, 2.75) is 6.92 Å². The molecule has 110 valence electrons. The Morgan fingerprint density at radius 3 is 2.00 bits per heavy atom. The molecule has 0 aliphatic rings. The van der Waals surface area contributed by atoms with E-state index in [2.05, 4.69) is 15.5 Å². The van der Waals surface area contributed by atoms with Crippen molar-refractivity contribution in [3.05, 3.63) is 60.0 Å². The van der Waals surface area contributed by atoms with Crippen LogP contribution >= 0.6 is 0 Å². The van der Waals surface area contributed by atoms with Crippen LogP contribution in [0.15, 0.2) is 53.1 Å². The van der Waals surface area contributed by atoms with Crippen LogP contribution < -0.4 is 5.32 Å². The maximum atomic E-state index is 11.5. The molecule has 0 spiro atoms. The van der Waals surface area contributed by atoms with Gasteiger partial charge in [0, 0.05) is 25.1 Å². The summed E-state index contributed by atoms with van der Waals surface area (Å²) in [5, 5.41) is 6.50. The number of hydrogen-bond acceptors (Lipinski definition) is 4. The average Bonchev–Trinajstić information content (AvgIpc) is 3.01. The zero-order chi connectivity index (χ0) is 15.5. The first-order chi connectivity index (χ1) is 10.7. The fourth-order valence-corrected chi connectivity index (χ4v) is 2.19. The van der Waals surface area contributed by atoms with Crippen molar-refractivity contribution < 1.29 is 9.32 Å². The zero-order valence-electron chi connectivity index (χ0n) is 12.3. The Morgan fingerprint density at radius 1 is 0.955 bits per heavy atom. The van der Waals surface area contributed by atoms with Crippen molar-refractivity contribution in [1.29, 1.82) is 0 Å². The van der Waals surface area contributed by atoms with E-state index in [0.29, 0.717) is 17.3 Å². The van der Waals surface area contributed by atoms with Crippen molar-refractivity contribution >= 4 is 5.91 Å². The summed E-state index contributed by atoms with van der Waals surface area (Å²) in [6.45, 7) is 1.76. The Kier molecular flexibility index (Phi) is 3.70. The van der Waals surface area contributed by atoms with Gasteiger partial charge in [-0.05, 0) is 23.3 Å². The van der Waals surface area contributed by atoms with Gasteiger partial charge in [-0.25, -0.2) is 0 Å². The topological polar surface area (TPSA) is 68.0 Å². The fourth-order valence-electron chi connectivity index (χ4n) is 2.19. The largest absolute Gasteiger partial charge is 0.355 e. The number of carbonyl (C=O) groups excluding carboxylic acids is 1. The molecule has 1 heterocycles. The van der Waals surface area contributed by atoms with Gasteiger partial charge in [-0.15, -0.1) is 0 Å². The van der Waals surface area contributed by atoms with E-state index in [1.165, 1.54) is 0 Å². The molecule has 0 fully saturated rings. The van der Waals surface area contributed by atoms with Crippen LogP contribution in [0.5, 0.6) is 0 Å². The number of rotatable bonds is 3. The van der Waals surface area contributed by atoms with E-state index >= 15 is 0 Å². The summed E-state index contributed by atoms with van der Waals surface area (Å²) in [7, 11) is 1.62. The van der Waals surface area contributed by atoms with Gasteiger partial charge in [0.1, 0.15) is 0 Å². The summed E-state index contributed by atoms with van der Waals surface area (Å²) in [6, 6.07) is 15.4. The van der Waals surface area contributed by atoms with E-state index in [0.717, 1.165) is 16.7 Å². The maximum absolute atomic E-state index is 11.5. The SMILES string of the molecule is CNC(=O)c1ccc(-c2ccc(-c3noc(C)n3)cc2)cc1. The minimum atomic E-state index is -0.0885. The molecule has 1 aromatic heterocycles. The highest BCUT2D eigenvalue weighted by atomic mass is 16.5. The Balaban J connectivity index is 1.85. The summed E-state index contributed by atoms with van der Waals surface area (Å²) in [4.78, 5) is 15.7. The van der Waals surface area contributed by atoms with Crippen molar-refractivity contribution in [2.24, 2.45) is 0 Å². The second-order valence-electron chi connectivity index (χ2n) is 4.87. The van der Waals surface area contributed by atoms with Gasteiger partial charge >= 0.3 is 0 Å². The molecule has 0 aliphatic heterocycles. The monoisotopic (exact) mass is 293 g/mol. The number of nitrogens with one attached hydrogen (secondary N) is 1. The molecular formula is C17H15N3O2. The Morgan fingerprint density at radius 2 is 1.50 bits per heavy atom. The Labute approximate surface area is 128 Å². The van der Waals surface area contributed by atoms with E-state index in [1.54, 1.807) is 14.0 Å². The highest BCUT2D eigenvalue weighted by Crippen LogP contribution is 2.23. The summed E-state index contributed by atoms with van der Waals surface area (Å²) < 4.78 is 4.98. The number of aromatic nitrogens is 2. The molecular weight excluding hydrogens is 278 g/mol. The smallest absolute Gasteiger partial charge is 0.251 e. The lowest BCUT2D eigenvalue weighted by molar-refractivity contribution is 0.0963. The molecule has 1 amide bonds. The van der Waals surface area contributed by atoms with Gasteiger partial charge in [-0.3, -0.25) is 4.79 Å². The van der Waals surface area contributed by atoms with Crippen LogP contribution in [-0.2, 0) is 0 Å². The lowest BCUT2D eigenvalue weighted by Gasteiger charge is -2.04. The summed E-state index contributed by atoms with van der Waals surface area (Å²) in [5.41, 5.74) is 3.66. The highest BCUT2D eigenvalue weighted by molar-refractivity contribution is 5.94. The third-order valence-corrected chi connectivity index (χ3v) is 3.38. The van der Waals surface area contributed by atoms with Crippen LogP contribution in [0.25, 0.3) is 22.5 Å². The molecule has 0 aliphatic carbocycles. The minimum Gasteiger partial charge on any atom is -0.355 e. The summed E-state index contributed by atoms with van der Waals surface area (Å²) in [6.07, 6.45) is 0. The molecule has 3 aromatic rings. The molecule has 0 unspecified atom stereocenters. The molecule has 2 aromatic carbocycles. The van der Waals surface area contributed by atoms with Gasteiger partial charge in [0.2, 0.25) is 11.7 Å². The Hall–Kier alpha value is -2.95. The number of hydrogen-bond donors (Lipinski definition) is 1. The molecule has 5 heteroatoms. The van der Waals surface area contributed by atoms with Gasteiger partial charge < -0.3 is 9.84 Å². The average molecular weight is 293 g/mol. The van der Waals surface area contributed by atoms with Crippen molar-refractivity contribution in [3.63, 3.8) is 0 Å². The molecule has 5 nitrogen and oxygen atoms in total. The Bertz CT molecular complexity index is 790. The van der Waals surface area contributed by atoms with Crippen molar-refractivity contribution in [1.82, 2.24) is 15.5 Å². The quantitative estimate of drug-likeness (QED) is 0.805. The van der Waals surface area contributed by atoms with Crippen LogP contribution in [0.2, 0.25) is 0 Å². The van der Waals surface area contributed by atoms with Gasteiger partial charge in [-0.1, -0.05) is 41.6 Å². The lowest BCUT2D eigenvalue weighted by Crippen LogP contribution is -2.17. The van der Waals surface area contributed by atoms with Crippen LogP contribution in [0, 0.1) is 6.92 Å². The molecule has 0 radical (unpaired) electrons. The third-order valence-electron chi connectivity index (χ3n) is 3.38. The third kappa shape index (κ3) is 2.74. The van der Waals surface area contributed by atoms with Gasteiger partial charge in [0.25, 0.3) is 5.91 Å². The predicted octanol–water partition coefficient (Wildman–Crippen LogP) is 3.07. The second-order valence-corrected chi connectivity index (χ2v) is 4.87. The number of aryl methyl sites for hydroxylation is 1. The van der Waals surface area contributed by atoms with E-state index in [-0.39, 0.29) is 5.91 Å². The van der Waals surface area contributed by atoms with Gasteiger partial charge in [0.15, 0.2) is 0 Å². The first-order valence-corrected chi connectivity index (χ1v) is 6.90. The maximum Gasteiger partial charge on any atom is 0.251 e. The van der Waals surface area contributed by atoms with Crippen LogP contribution in [0.3, 0.4) is 0 Å². The van der Waals surface area contributed by atoms with E-state index < -0.39 is 0 Å². The zero-order valence-corrected chi connectivity index (χ0v) is 12.3. The van der Waals surface area contributed by atoms with Crippen LogP contribution in [0.4, 0.5) is 0 Å². The second kappa shape index (κ2) is 5.81. The number of benzene rings is 2. The molecule has 0 atom stereocenters. The number of amides is 1. The van der Waals surface area contributed by atoms with E-state index in [1.807, 2.05) is 48.5 Å².